The van der Waals surface area contributed by atoms with E-state index >= 15 is 0 Å². The van der Waals surface area contributed by atoms with Crippen molar-refractivity contribution in [3.8, 4) is 0 Å². The highest BCUT2D eigenvalue weighted by molar-refractivity contribution is 5.88. The van der Waals surface area contributed by atoms with Gasteiger partial charge in [-0.05, 0) is 0 Å². The van der Waals surface area contributed by atoms with Crippen molar-refractivity contribution in [2.75, 3.05) is 19.8 Å². The number of hydrogen-bond acceptors (Lipinski definition) is 3. The summed E-state index contributed by atoms with van der Waals surface area (Å²) >= 11 is 0. The van der Waals surface area contributed by atoms with E-state index in [1.54, 1.807) is 4.90 Å². The highest BCUT2D eigenvalue weighted by atomic mass is 16.5. The van der Waals surface area contributed by atoms with Gasteiger partial charge in [0.1, 0.15) is 6.04 Å². The van der Waals surface area contributed by atoms with Gasteiger partial charge < -0.3 is 15.4 Å². The molecule has 0 aromatic rings. The van der Waals surface area contributed by atoms with Crippen LogP contribution in [0.3, 0.4) is 0 Å². The molecule has 2 rings (SSSR count). The van der Waals surface area contributed by atoms with Crippen molar-refractivity contribution in [3.63, 3.8) is 0 Å². The minimum absolute atomic E-state index is 0.0771. The van der Waals surface area contributed by atoms with Crippen molar-refractivity contribution in [2.24, 2.45) is 5.73 Å². The monoisotopic (exact) mass is 142 g/mol. The van der Waals surface area contributed by atoms with Gasteiger partial charge in [0.2, 0.25) is 5.91 Å². The predicted molar refractivity (Wildman–Crippen MR) is 34.3 cm³/mol. The molecule has 0 aliphatic carbocycles. The first-order valence-electron chi connectivity index (χ1n) is 3.43. The minimum atomic E-state index is -0.236. The first-order valence-corrected chi connectivity index (χ1v) is 3.43. The van der Waals surface area contributed by atoms with Gasteiger partial charge in [-0.3, -0.25) is 4.79 Å². The van der Waals surface area contributed by atoms with Gasteiger partial charge in [-0.15, -0.1) is 0 Å². The molecule has 4 heteroatoms. The Bertz CT molecular complexity index is 167. The quantitative estimate of drug-likeness (QED) is 0.456. The molecular formula is C6H10N2O2. The van der Waals surface area contributed by atoms with Crippen molar-refractivity contribution in [1.29, 1.82) is 0 Å². The molecule has 56 valence electrons. The Labute approximate surface area is 58.9 Å². The molecule has 0 aromatic heterocycles. The van der Waals surface area contributed by atoms with Gasteiger partial charge in [-0.2, -0.15) is 0 Å². The molecule has 0 aromatic carbocycles. The van der Waals surface area contributed by atoms with Gasteiger partial charge in [0.15, 0.2) is 0 Å². The minimum Gasteiger partial charge on any atom is -0.377 e. The summed E-state index contributed by atoms with van der Waals surface area (Å²) < 4.78 is 4.94. The van der Waals surface area contributed by atoms with Crippen LogP contribution in [0.4, 0.5) is 0 Å². The molecule has 2 heterocycles. The largest absolute Gasteiger partial charge is 0.377 e. The van der Waals surface area contributed by atoms with Crippen LogP contribution in [0.15, 0.2) is 0 Å². The van der Waals surface area contributed by atoms with E-state index in [0.29, 0.717) is 25.8 Å². The Kier molecular flexibility index (Phi) is 1.18. The van der Waals surface area contributed by atoms with Gasteiger partial charge in [0, 0.05) is 6.54 Å². The number of amides is 1. The summed E-state index contributed by atoms with van der Waals surface area (Å²) in [6, 6.07) is 0.0906. The van der Waals surface area contributed by atoms with Crippen molar-refractivity contribution < 1.29 is 9.53 Å². The second-order valence-corrected chi connectivity index (χ2v) is 2.79. The van der Waals surface area contributed by atoms with Crippen molar-refractivity contribution in [3.05, 3.63) is 0 Å². The molecule has 2 N–H and O–H groups in total. The molecule has 10 heavy (non-hydrogen) atoms. The Morgan fingerprint density at radius 3 is 2.60 bits per heavy atom. The number of β-lactam (4-membered cyclic amide) rings is 1. The van der Waals surface area contributed by atoms with E-state index in [-0.39, 0.29) is 11.9 Å². The lowest BCUT2D eigenvalue weighted by molar-refractivity contribution is -0.159. The van der Waals surface area contributed by atoms with Crippen LogP contribution in [-0.4, -0.2) is 42.6 Å². The maximum atomic E-state index is 10.9. The third-order valence-corrected chi connectivity index (χ3v) is 2.05. The molecule has 0 spiro atoms. The van der Waals surface area contributed by atoms with Crippen LogP contribution in [0.25, 0.3) is 0 Å². The Morgan fingerprint density at radius 2 is 2.30 bits per heavy atom. The number of likely N-dealkylation sites (tertiary alicyclic amines) is 1. The first-order chi connectivity index (χ1) is 4.79. The van der Waals surface area contributed by atoms with Gasteiger partial charge in [0.05, 0.1) is 19.3 Å². The summed E-state index contributed by atoms with van der Waals surface area (Å²) in [6.45, 7) is 2.10. The normalized spacial score (nSPS) is 33.5. The second-order valence-electron chi connectivity index (χ2n) is 2.79. The molecular weight excluding hydrogens is 132 g/mol. The number of nitrogens with two attached hydrogens (primary N) is 1. The standard InChI is InChI=1S/C6H10N2O2/c7-5-1-8(6(5)9)4-2-10-3-4/h4-5H,1-3,7H2. The lowest BCUT2D eigenvalue weighted by atomic mass is 10.0. The lowest BCUT2D eigenvalue weighted by Crippen LogP contribution is -2.68. The van der Waals surface area contributed by atoms with Crippen LogP contribution in [-0.2, 0) is 9.53 Å². The molecule has 1 unspecified atom stereocenters. The van der Waals surface area contributed by atoms with E-state index in [2.05, 4.69) is 0 Å². The fourth-order valence-corrected chi connectivity index (χ4v) is 1.21. The fourth-order valence-electron chi connectivity index (χ4n) is 1.21. The number of carbonyl (C=O) groups is 1. The Balaban J connectivity index is 1.90. The van der Waals surface area contributed by atoms with E-state index in [1.807, 2.05) is 0 Å². The summed E-state index contributed by atoms with van der Waals surface area (Å²) in [6.07, 6.45) is 0. The van der Waals surface area contributed by atoms with E-state index in [9.17, 15) is 4.79 Å². The maximum Gasteiger partial charge on any atom is 0.241 e. The average Bonchev–Trinajstić information content (AvgIpc) is 1.83. The molecule has 1 amide bonds. The maximum absolute atomic E-state index is 10.9. The van der Waals surface area contributed by atoms with E-state index in [1.165, 1.54) is 0 Å². The van der Waals surface area contributed by atoms with Crippen LogP contribution in [0.5, 0.6) is 0 Å². The molecule has 0 bridgehead atoms. The third kappa shape index (κ3) is 0.660. The van der Waals surface area contributed by atoms with Crippen LogP contribution in [0.2, 0.25) is 0 Å². The highest BCUT2D eigenvalue weighted by Crippen LogP contribution is 2.17. The summed E-state index contributed by atoms with van der Waals surface area (Å²) in [7, 11) is 0. The van der Waals surface area contributed by atoms with Crippen LogP contribution in [0, 0.1) is 0 Å². The summed E-state index contributed by atoms with van der Waals surface area (Å²) in [5.74, 6) is 0.0771. The van der Waals surface area contributed by atoms with Gasteiger partial charge in [-0.1, -0.05) is 0 Å². The number of hydrogen-bond donors (Lipinski definition) is 1. The van der Waals surface area contributed by atoms with E-state index < -0.39 is 0 Å². The summed E-state index contributed by atoms with van der Waals surface area (Å²) in [5, 5.41) is 0. The van der Waals surface area contributed by atoms with Crippen molar-refractivity contribution in [2.45, 2.75) is 12.1 Å². The molecule has 0 saturated carbocycles. The van der Waals surface area contributed by atoms with Crippen LogP contribution >= 0.6 is 0 Å². The number of nitrogens with zero attached hydrogens (tertiary/aromatic N) is 1. The first kappa shape index (κ1) is 6.12. The number of rotatable bonds is 1. The zero-order valence-corrected chi connectivity index (χ0v) is 5.62. The van der Waals surface area contributed by atoms with Gasteiger partial charge in [0.25, 0.3) is 0 Å². The van der Waals surface area contributed by atoms with E-state index in [4.69, 9.17) is 10.5 Å². The molecule has 2 aliphatic rings. The predicted octanol–water partition coefficient (Wildman–Crippen LogP) is -1.45. The summed E-state index contributed by atoms with van der Waals surface area (Å²) in [4.78, 5) is 12.7. The van der Waals surface area contributed by atoms with Crippen molar-refractivity contribution >= 4 is 5.91 Å². The fraction of sp³-hybridized carbons (Fsp3) is 0.833. The SMILES string of the molecule is NC1CN(C2COC2)C1=O. The van der Waals surface area contributed by atoms with Crippen LogP contribution in [0.1, 0.15) is 0 Å². The molecule has 1 atom stereocenters. The molecule has 4 nitrogen and oxygen atoms in total. The van der Waals surface area contributed by atoms with Crippen molar-refractivity contribution in [1.82, 2.24) is 4.90 Å². The Hall–Kier alpha value is -0.610. The molecule has 2 fully saturated rings. The number of ether oxygens (including phenoxy) is 1. The van der Waals surface area contributed by atoms with Crippen LogP contribution < -0.4 is 5.73 Å². The van der Waals surface area contributed by atoms with Gasteiger partial charge in [-0.25, -0.2) is 0 Å². The third-order valence-electron chi connectivity index (χ3n) is 2.05. The topological polar surface area (TPSA) is 55.6 Å². The molecule has 2 saturated heterocycles. The lowest BCUT2D eigenvalue weighted by Gasteiger charge is -2.45. The molecule has 0 radical (unpaired) electrons. The van der Waals surface area contributed by atoms with E-state index in [0.717, 1.165) is 0 Å². The smallest absolute Gasteiger partial charge is 0.241 e. The summed E-state index contributed by atoms with van der Waals surface area (Å²) in [5.41, 5.74) is 5.40. The second kappa shape index (κ2) is 1.93. The zero-order chi connectivity index (χ0) is 7.14. The molecule has 2 aliphatic heterocycles. The zero-order valence-electron chi connectivity index (χ0n) is 5.62. The Morgan fingerprint density at radius 1 is 1.60 bits per heavy atom. The average molecular weight is 142 g/mol. The highest BCUT2D eigenvalue weighted by Gasteiger charge is 2.40. The number of carbonyl (C=O) groups excluding carboxylic acids is 1. The van der Waals surface area contributed by atoms with Gasteiger partial charge >= 0.3 is 0 Å².